The maximum atomic E-state index is 13.6. The number of phenols is 1. The number of nitrogens with two attached hydrogens (primary N) is 1. The van der Waals surface area contributed by atoms with Crippen LogP contribution in [0.5, 0.6) is 5.75 Å². The molecule has 1 saturated heterocycles. The summed E-state index contributed by atoms with van der Waals surface area (Å²) in [5.74, 6) is 0.562. The Bertz CT molecular complexity index is 2030. The number of fused-ring (bicyclic) bond motifs is 1. The van der Waals surface area contributed by atoms with Gasteiger partial charge in [0.1, 0.15) is 24.8 Å². The molecule has 4 N–H and O–H groups in total. The minimum atomic E-state index is -0.619. The number of aromatic hydroxyl groups is 1. The molecule has 6 aromatic rings. The molecule has 2 amide bonds. The number of phenolic OH excluding ortho intramolecular Hbond substituents is 1. The molecule has 11 nitrogen and oxygen atoms in total. The van der Waals surface area contributed by atoms with Gasteiger partial charge in [0.05, 0.1) is 25.8 Å². The van der Waals surface area contributed by atoms with E-state index in [0.717, 1.165) is 33.2 Å². The van der Waals surface area contributed by atoms with E-state index in [9.17, 15) is 9.59 Å². The monoisotopic (exact) mass is 712 g/mol. The lowest BCUT2D eigenvalue weighted by Gasteiger charge is -2.40. The van der Waals surface area contributed by atoms with Gasteiger partial charge >= 0.3 is 0 Å². The third kappa shape index (κ3) is 10.7. The molecule has 0 radical (unpaired) electrons. The van der Waals surface area contributed by atoms with Crippen molar-refractivity contribution < 1.29 is 24.0 Å². The third-order valence-corrected chi connectivity index (χ3v) is 8.71. The van der Waals surface area contributed by atoms with Crippen molar-refractivity contribution in [1.29, 1.82) is 0 Å². The highest BCUT2D eigenvalue weighted by atomic mass is 16.5. The Morgan fingerprint density at radius 1 is 0.925 bits per heavy atom. The number of nitrogens with zero attached hydrogens (tertiary/aromatic N) is 4. The van der Waals surface area contributed by atoms with Crippen LogP contribution in [-0.2, 0) is 34.0 Å². The maximum Gasteiger partial charge on any atom is 0.242 e. The summed E-state index contributed by atoms with van der Waals surface area (Å²) in [6, 6.07) is 42.9. The highest BCUT2D eigenvalue weighted by molar-refractivity contribution is 5.89. The Kier molecular flexibility index (Phi) is 13.6. The van der Waals surface area contributed by atoms with Crippen LogP contribution >= 0.6 is 0 Å². The lowest BCUT2D eigenvalue weighted by atomic mass is 10.0. The van der Waals surface area contributed by atoms with Crippen LogP contribution in [-0.4, -0.2) is 69.5 Å². The van der Waals surface area contributed by atoms with Gasteiger partial charge in [0.2, 0.25) is 11.8 Å². The Labute approximate surface area is 309 Å². The average molecular weight is 713 g/mol. The minimum absolute atomic E-state index is 0.00148. The first kappa shape index (κ1) is 38.1. The number of aromatic nitrogens is 1. The van der Waals surface area contributed by atoms with Gasteiger partial charge in [-0.25, -0.2) is 10.4 Å². The van der Waals surface area contributed by atoms with Crippen LogP contribution in [0.4, 0.5) is 0 Å². The van der Waals surface area contributed by atoms with Crippen molar-refractivity contribution in [1.82, 2.24) is 25.4 Å². The summed E-state index contributed by atoms with van der Waals surface area (Å²) in [5, 5.41) is 17.0. The van der Waals surface area contributed by atoms with Crippen molar-refractivity contribution in [2.24, 2.45) is 5.73 Å². The van der Waals surface area contributed by atoms with Gasteiger partial charge in [0, 0.05) is 24.7 Å². The Hall–Kier alpha value is -6.14. The van der Waals surface area contributed by atoms with Crippen molar-refractivity contribution in [2.75, 3.05) is 19.6 Å². The first-order valence-electron chi connectivity index (χ1n) is 17.2. The molecular formula is C42H44N6O5. The van der Waals surface area contributed by atoms with Gasteiger partial charge in [0.25, 0.3) is 0 Å². The van der Waals surface area contributed by atoms with E-state index >= 15 is 0 Å². The predicted molar refractivity (Wildman–Crippen MR) is 205 cm³/mol. The fourth-order valence-electron chi connectivity index (χ4n) is 5.94. The maximum absolute atomic E-state index is 13.6. The standard InChI is InChI=1S/C34H34N6O3.C7H8O.CH2O/c35-32-22-38(20-28-16-9-15-26-12-7-8-17-30(26)28)33(41)24-40(32)34(42)23-39(36-19-25-10-3-1-4-11-25)21-29-18-31(37-43-29)27-13-5-2-6-14-27;1-6-2-4-7(8)5-3-6;1-2/h1-18,32,36H,19-24,35H2;2-5,8H,1H3;1H2. The summed E-state index contributed by atoms with van der Waals surface area (Å²) < 4.78 is 5.63. The smallest absolute Gasteiger partial charge is 0.242 e. The molecule has 272 valence electrons. The number of hydrogen-bond donors (Lipinski definition) is 3. The first-order valence-corrected chi connectivity index (χ1v) is 17.2. The minimum Gasteiger partial charge on any atom is -0.508 e. The highest BCUT2D eigenvalue weighted by Crippen LogP contribution is 2.22. The lowest BCUT2D eigenvalue weighted by Crippen LogP contribution is -2.62. The number of rotatable bonds is 10. The summed E-state index contributed by atoms with van der Waals surface area (Å²) in [4.78, 5) is 38.0. The lowest BCUT2D eigenvalue weighted by molar-refractivity contribution is -0.150. The van der Waals surface area contributed by atoms with Crippen molar-refractivity contribution in [3.05, 3.63) is 156 Å². The fraction of sp³-hybridized carbons (Fsp3) is 0.190. The molecule has 11 heteroatoms. The molecule has 1 aromatic heterocycles. The van der Waals surface area contributed by atoms with E-state index < -0.39 is 6.17 Å². The van der Waals surface area contributed by atoms with E-state index in [4.69, 9.17) is 20.2 Å². The van der Waals surface area contributed by atoms with Gasteiger partial charge in [-0.1, -0.05) is 126 Å². The van der Waals surface area contributed by atoms with E-state index in [-0.39, 0.29) is 31.4 Å². The second kappa shape index (κ2) is 18.9. The molecule has 5 aromatic carbocycles. The van der Waals surface area contributed by atoms with Crippen molar-refractivity contribution in [3.63, 3.8) is 0 Å². The number of benzene rings is 5. The summed E-state index contributed by atoms with van der Waals surface area (Å²) in [6.45, 7) is 5.42. The number of aryl methyl sites for hydroxylation is 1. The highest BCUT2D eigenvalue weighted by Gasteiger charge is 2.34. The van der Waals surface area contributed by atoms with Crippen molar-refractivity contribution in [3.8, 4) is 17.0 Å². The van der Waals surface area contributed by atoms with Gasteiger partial charge in [0.15, 0.2) is 5.76 Å². The number of hydrazine groups is 1. The van der Waals surface area contributed by atoms with Crippen molar-refractivity contribution in [2.45, 2.75) is 32.7 Å². The van der Waals surface area contributed by atoms with E-state index in [1.54, 1.807) is 22.0 Å². The number of hydrogen-bond acceptors (Lipinski definition) is 9. The Balaban J connectivity index is 0.000000475. The molecule has 2 heterocycles. The second-order valence-electron chi connectivity index (χ2n) is 12.6. The first-order chi connectivity index (χ1) is 25.8. The largest absolute Gasteiger partial charge is 0.508 e. The molecule has 0 aliphatic carbocycles. The van der Waals surface area contributed by atoms with Crippen molar-refractivity contribution >= 4 is 29.4 Å². The SMILES string of the molecule is C=O.Cc1ccc(O)cc1.NC1CN(Cc2cccc3ccccc23)C(=O)CN1C(=O)CN(Cc1cc(-c2ccccc2)no1)NCc1ccccc1. The topological polar surface area (TPSA) is 145 Å². The molecule has 1 aliphatic rings. The molecule has 1 unspecified atom stereocenters. The van der Waals surface area contributed by atoms with Gasteiger partial charge in [-0.15, -0.1) is 0 Å². The van der Waals surface area contributed by atoms with Gasteiger partial charge in [-0.05, 0) is 41.0 Å². The van der Waals surface area contributed by atoms with E-state index in [2.05, 4.69) is 28.8 Å². The van der Waals surface area contributed by atoms with E-state index in [0.29, 0.717) is 31.1 Å². The fourth-order valence-corrected chi connectivity index (χ4v) is 5.94. The van der Waals surface area contributed by atoms with Crippen LogP contribution in [0.2, 0.25) is 0 Å². The van der Waals surface area contributed by atoms with Crippen LogP contribution in [0.1, 0.15) is 22.5 Å². The number of carbonyl (C=O) groups is 3. The zero-order valence-corrected chi connectivity index (χ0v) is 29.7. The third-order valence-electron chi connectivity index (χ3n) is 8.71. The molecule has 0 saturated carbocycles. The predicted octanol–water partition coefficient (Wildman–Crippen LogP) is 5.67. The molecular weight excluding hydrogens is 668 g/mol. The zero-order valence-electron chi connectivity index (χ0n) is 29.7. The Morgan fingerprint density at radius 2 is 1.58 bits per heavy atom. The number of piperazine rings is 1. The zero-order chi connectivity index (χ0) is 37.6. The summed E-state index contributed by atoms with van der Waals surface area (Å²) in [7, 11) is 0. The normalized spacial score (nSPS) is 13.9. The number of carbonyl (C=O) groups excluding carboxylic acids is 3. The van der Waals surface area contributed by atoms with E-state index in [1.807, 2.05) is 117 Å². The van der Waals surface area contributed by atoms with Crippen LogP contribution in [0.3, 0.4) is 0 Å². The van der Waals surface area contributed by atoms with Crippen LogP contribution in [0.25, 0.3) is 22.0 Å². The molecule has 1 fully saturated rings. The second-order valence-corrected chi connectivity index (χ2v) is 12.6. The van der Waals surface area contributed by atoms with E-state index in [1.165, 1.54) is 10.5 Å². The molecule has 1 atom stereocenters. The van der Waals surface area contributed by atoms with Gasteiger partial charge in [-0.3, -0.25) is 9.59 Å². The quantitative estimate of drug-likeness (QED) is 0.153. The molecule has 0 spiro atoms. The van der Waals surface area contributed by atoms with Gasteiger partial charge in [-0.2, -0.15) is 0 Å². The summed E-state index contributed by atoms with van der Waals surface area (Å²) in [6.07, 6.45) is -0.619. The molecule has 1 aliphatic heterocycles. The molecule has 0 bridgehead atoms. The van der Waals surface area contributed by atoms with Crippen LogP contribution < -0.4 is 11.2 Å². The summed E-state index contributed by atoms with van der Waals surface area (Å²) >= 11 is 0. The number of amides is 2. The molecule has 53 heavy (non-hydrogen) atoms. The van der Waals surface area contributed by atoms with Gasteiger partial charge < -0.3 is 30.0 Å². The Morgan fingerprint density at radius 3 is 2.30 bits per heavy atom. The summed E-state index contributed by atoms with van der Waals surface area (Å²) in [5.41, 5.74) is 14.8. The molecule has 7 rings (SSSR count). The number of nitrogens with one attached hydrogen (secondary N) is 1. The van der Waals surface area contributed by atoms with Crippen LogP contribution in [0.15, 0.2) is 138 Å². The average Bonchev–Trinajstić information content (AvgIpc) is 3.67. The van der Waals surface area contributed by atoms with Crippen LogP contribution in [0, 0.1) is 6.92 Å².